The second kappa shape index (κ2) is 5.31. The molecule has 1 aliphatic heterocycles. The van der Waals surface area contributed by atoms with E-state index in [0.29, 0.717) is 0 Å². The molecule has 2 rings (SSSR count). The lowest BCUT2D eigenvalue weighted by Gasteiger charge is -2.24. The molecule has 1 N–H and O–H groups in total. The first-order valence-electron chi connectivity index (χ1n) is 6.77. The van der Waals surface area contributed by atoms with E-state index < -0.39 is 0 Å². The summed E-state index contributed by atoms with van der Waals surface area (Å²) >= 11 is 0. The van der Waals surface area contributed by atoms with Crippen molar-refractivity contribution < 1.29 is 0 Å². The molecule has 2 heteroatoms. The fraction of sp³-hybridized carbons (Fsp3) is 1.00. The van der Waals surface area contributed by atoms with Gasteiger partial charge in [0, 0.05) is 18.6 Å². The van der Waals surface area contributed by atoms with Crippen LogP contribution in [0.25, 0.3) is 0 Å². The van der Waals surface area contributed by atoms with Crippen molar-refractivity contribution in [2.24, 2.45) is 5.92 Å². The third-order valence-electron chi connectivity index (χ3n) is 4.24. The molecular weight excluding hydrogens is 184 g/mol. The molecule has 1 aliphatic carbocycles. The molecule has 0 spiro atoms. The minimum atomic E-state index is 0.819. The highest BCUT2D eigenvalue weighted by molar-refractivity contribution is 4.84. The van der Waals surface area contributed by atoms with Gasteiger partial charge in [-0.3, -0.25) is 4.90 Å². The van der Waals surface area contributed by atoms with E-state index in [1.807, 2.05) is 0 Å². The largest absolute Gasteiger partial charge is 0.312 e. The van der Waals surface area contributed by atoms with Crippen molar-refractivity contribution in [1.82, 2.24) is 10.2 Å². The van der Waals surface area contributed by atoms with Crippen LogP contribution in [-0.4, -0.2) is 36.6 Å². The third-order valence-corrected chi connectivity index (χ3v) is 4.24. The minimum Gasteiger partial charge on any atom is -0.312 e. The lowest BCUT2D eigenvalue weighted by molar-refractivity contribution is 0.253. The Hall–Kier alpha value is -0.0800. The summed E-state index contributed by atoms with van der Waals surface area (Å²) in [5, 5.41) is 3.78. The number of nitrogens with zero attached hydrogens (tertiary/aromatic N) is 1. The summed E-state index contributed by atoms with van der Waals surface area (Å²) in [6, 6.07) is 1.64. The summed E-state index contributed by atoms with van der Waals surface area (Å²) < 4.78 is 0. The number of likely N-dealkylation sites (N-methyl/N-ethyl adjacent to an activating group) is 1. The average molecular weight is 210 g/mol. The smallest absolute Gasteiger partial charge is 0.0221 e. The first kappa shape index (κ1) is 11.4. The quantitative estimate of drug-likeness (QED) is 0.765. The molecule has 2 fully saturated rings. The summed E-state index contributed by atoms with van der Waals surface area (Å²) in [4.78, 5) is 2.63. The molecule has 2 nitrogen and oxygen atoms in total. The fourth-order valence-corrected chi connectivity index (χ4v) is 3.24. The van der Waals surface area contributed by atoms with E-state index in [1.165, 1.54) is 51.7 Å². The summed E-state index contributed by atoms with van der Waals surface area (Å²) in [6.07, 6.45) is 7.04. The zero-order chi connectivity index (χ0) is 10.7. The van der Waals surface area contributed by atoms with Crippen LogP contribution in [0.3, 0.4) is 0 Å². The van der Waals surface area contributed by atoms with Gasteiger partial charge in [0.05, 0.1) is 0 Å². The van der Waals surface area contributed by atoms with Crippen LogP contribution in [0.2, 0.25) is 0 Å². The van der Waals surface area contributed by atoms with Crippen LogP contribution in [0, 0.1) is 5.92 Å². The Bertz CT molecular complexity index is 193. The predicted molar refractivity (Wildman–Crippen MR) is 65.1 cm³/mol. The highest BCUT2D eigenvalue weighted by Gasteiger charge is 2.25. The average Bonchev–Trinajstić information content (AvgIpc) is 2.83. The first-order valence-corrected chi connectivity index (χ1v) is 6.77. The molecule has 2 aliphatic rings. The van der Waals surface area contributed by atoms with Gasteiger partial charge in [-0.1, -0.05) is 13.8 Å². The summed E-state index contributed by atoms with van der Waals surface area (Å²) in [5.41, 5.74) is 0. The highest BCUT2D eigenvalue weighted by atomic mass is 15.2. The molecule has 1 heterocycles. The second-order valence-corrected chi connectivity index (χ2v) is 5.45. The van der Waals surface area contributed by atoms with Gasteiger partial charge >= 0.3 is 0 Å². The molecule has 1 saturated heterocycles. The van der Waals surface area contributed by atoms with Crippen molar-refractivity contribution in [2.75, 3.05) is 19.6 Å². The van der Waals surface area contributed by atoms with Gasteiger partial charge in [-0.15, -0.1) is 0 Å². The zero-order valence-corrected chi connectivity index (χ0v) is 10.3. The molecule has 0 aromatic heterocycles. The van der Waals surface area contributed by atoms with Crippen LogP contribution in [0.4, 0.5) is 0 Å². The first-order chi connectivity index (χ1) is 7.29. The van der Waals surface area contributed by atoms with E-state index in [4.69, 9.17) is 0 Å². The van der Waals surface area contributed by atoms with Gasteiger partial charge in [-0.05, 0) is 51.1 Å². The van der Waals surface area contributed by atoms with Gasteiger partial charge < -0.3 is 5.32 Å². The molecular formula is C13H26N2. The Morgan fingerprint density at radius 1 is 1.27 bits per heavy atom. The minimum absolute atomic E-state index is 0.819. The Balaban J connectivity index is 1.68. The Kier molecular flexibility index (Phi) is 4.04. The monoisotopic (exact) mass is 210 g/mol. The Morgan fingerprint density at radius 3 is 2.80 bits per heavy atom. The number of nitrogens with one attached hydrogen (secondary N) is 1. The van der Waals surface area contributed by atoms with Crippen LogP contribution in [0.15, 0.2) is 0 Å². The molecule has 1 saturated carbocycles. The lowest BCUT2D eigenvalue weighted by atomic mass is 10.1. The standard InChI is InChI=1S/C13H26N2/c1-3-15-8-4-5-13(15)10-14-12-7-6-11(2)9-12/h11-14H,3-10H2,1-2H3/t11-,12+,13+/m0/s1. The van der Waals surface area contributed by atoms with Gasteiger partial charge in [-0.2, -0.15) is 0 Å². The SMILES string of the molecule is CCN1CCC[C@@H]1CN[C@@H]1CC[C@H](C)C1. The molecule has 0 aromatic carbocycles. The normalized spacial score (nSPS) is 37.6. The molecule has 0 radical (unpaired) electrons. The van der Waals surface area contributed by atoms with Gasteiger partial charge in [0.15, 0.2) is 0 Å². The number of hydrogen-bond acceptors (Lipinski definition) is 2. The molecule has 0 unspecified atom stereocenters. The summed E-state index contributed by atoms with van der Waals surface area (Å²) in [6.45, 7) is 8.45. The lowest BCUT2D eigenvalue weighted by Crippen LogP contribution is -2.41. The highest BCUT2D eigenvalue weighted by Crippen LogP contribution is 2.25. The van der Waals surface area contributed by atoms with Crippen LogP contribution in [-0.2, 0) is 0 Å². The molecule has 0 aromatic rings. The van der Waals surface area contributed by atoms with Crippen LogP contribution < -0.4 is 5.32 Å². The van der Waals surface area contributed by atoms with Crippen LogP contribution in [0.5, 0.6) is 0 Å². The van der Waals surface area contributed by atoms with Crippen molar-refractivity contribution in [3.05, 3.63) is 0 Å². The third kappa shape index (κ3) is 2.94. The van der Waals surface area contributed by atoms with E-state index >= 15 is 0 Å². The van der Waals surface area contributed by atoms with Crippen LogP contribution in [0.1, 0.15) is 46.0 Å². The summed E-state index contributed by atoms with van der Waals surface area (Å²) in [7, 11) is 0. The van der Waals surface area contributed by atoms with Crippen molar-refractivity contribution in [1.29, 1.82) is 0 Å². The molecule has 3 atom stereocenters. The maximum atomic E-state index is 3.78. The number of likely N-dealkylation sites (tertiary alicyclic amines) is 1. The van der Waals surface area contributed by atoms with Gasteiger partial charge in [-0.25, -0.2) is 0 Å². The van der Waals surface area contributed by atoms with Crippen LogP contribution >= 0.6 is 0 Å². The van der Waals surface area contributed by atoms with Crippen molar-refractivity contribution >= 4 is 0 Å². The Morgan fingerprint density at radius 2 is 2.13 bits per heavy atom. The van der Waals surface area contributed by atoms with Crippen molar-refractivity contribution in [3.63, 3.8) is 0 Å². The van der Waals surface area contributed by atoms with E-state index in [9.17, 15) is 0 Å². The maximum Gasteiger partial charge on any atom is 0.0221 e. The van der Waals surface area contributed by atoms with Gasteiger partial charge in [0.1, 0.15) is 0 Å². The van der Waals surface area contributed by atoms with Crippen molar-refractivity contribution in [3.8, 4) is 0 Å². The van der Waals surface area contributed by atoms with E-state index in [1.54, 1.807) is 0 Å². The van der Waals surface area contributed by atoms with E-state index in [0.717, 1.165) is 18.0 Å². The van der Waals surface area contributed by atoms with E-state index in [2.05, 4.69) is 24.1 Å². The predicted octanol–water partition coefficient (Wildman–Crippen LogP) is 2.25. The molecule has 0 amide bonds. The fourth-order valence-electron chi connectivity index (χ4n) is 3.24. The van der Waals surface area contributed by atoms with E-state index in [-0.39, 0.29) is 0 Å². The molecule has 88 valence electrons. The zero-order valence-electron chi connectivity index (χ0n) is 10.3. The molecule has 15 heavy (non-hydrogen) atoms. The maximum absolute atomic E-state index is 3.78. The van der Waals surface area contributed by atoms with Gasteiger partial charge in [0.2, 0.25) is 0 Å². The second-order valence-electron chi connectivity index (χ2n) is 5.45. The number of hydrogen-bond donors (Lipinski definition) is 1. The topological polar surface area (TPSA) is 15.3 Å². The number of rotatable bonds is 4. The Labute approximate surface area is 94.4 Å². The van der Waals surface area contributed by atoms with Gasteiger partial charge in [0.25, 0.3) is 0 Å². The van der Waals surface area contributed by atoms with Crippen molar-refractivity contribution in [2.45, 2.75) is 58.0 Å². The molecule has 0 bridgehead atoms. The summed E-state index contributed by atoms with van der Waals surface area (Å²) in [5.74, 6) is 0.952.